The number of nitrogens with zero attached hydrogens (tertiary/aromatic N) is 4. The molecule has 20 heavy (non-hydrogen) atoms. The minimum absolute atomic E-state index is 0.205. The van der Waals surface area contributed by atoms with Gasteiger partial charge in [-0.3, -0.25) is 4.90 Å². The highest BCUT2D eigenvalue weighted by Gasteiger charge is 2.32. The van der Waals surface area contributed by atoms with Gasteiger partial charge < -0.3 is 4.90 Å². The van der Waals surface area contributed by atoms with Crippen LogP contribution in [0.2, 0.25) is 5.15 Å². The van der Waals surface area contributed by atoms with Crippen LogP contribution < -0.4 is 4.90 Å². The van der Waals surface area contributed by atoms with Gasteiger partial charge in [0.05, 0.1) is 18.2 Å². The number of alkyl halides is 3. The lowest BCUT2D eigenvalue weighted by Crippen LogP contribution is -2.49. The van der Waals surface area contributed by atoms with Gasteiger partial charge in [-0.2, -0.15) is 18.4 Å². The second kappa shape index (κ2) is 5.85. The number of piperazine rings is 1. The second-order valence-electron chi connectivity index (χ2n) is 4.53. The topological polar surface area (TPSA) is 43.2 Å². The van der Waals surface area contributed by atoms with E-state index in [9.17, 15) is 13.2 Å². The third-order valence-electron chi connectivity index (χ3n) is 3.01. The van der Waals surface area contributed by atoms with Gasteiger partial charge in [-0.1, -0.05) is 11.6 Å². The van der Waals surface area contributed by atoms with Crippen molar-refractivity contribution in [2.75, 3.05) is 37.6 Å². The number of pyridine rings is 1. The monoisotopic (exact) mass is 304 g/mol. The van der Waals surface area contributed by atoms with Crippen molar-refractivity contribution in [2.45, 2.75) is 6.18 Å². The molecule has 108 valence electrons. The van der Waals surface area contributed by atoms with Gasteiger partial charge in [-0.25, -0.2) is 4.98 Å². The first-order chi connectivity index (χ1) is 9.37. The Morgan fingerprint density at radius 2 is 1.90 bits per heavy atom. The van der Waals surface area contributed by atoms with E-state index in [1.54, 1.807) is 6.07 Å². The predicted octanol–water partition coefficient (Wildman–Crippen LogP) is 2.29. The van der Waals surface area contributed by atoms with E-state index in [1.165, 1.54) is 11.0 Å². The summed E-state index contributed by atoms with van der Waals surface area (Å²) in [5, 5.41) is 9.07. The SMILES string of the molecule is N#Cc1cc(Cl)nc(N2CCN(CC(F)(F)F)CC2)c1. The maximum Gasteiger partial charge on any atom is 0.401 e. The number of nitriles is 1. The van der Waals surface area contributed by atoms with Crippen LogP contribution in [0.1, 0.15) is 5.56 Å². The molecule has 0 aromatic carbocycles. The van der Waals surface area contributed by atoms with Crippen LogP contribution in [-0.2, 0) is 0 Å². The second-order valence-corrected chi connectivity index (χ2v) is 4.91. The molecular weight excluding hydrogens is 293 g/mol. The minimum Gasteiger partial charge on any atom is -0.354 e. The van der Waals surface area contributed by atoms with Crippen LogP contribution in [0, 0.1) is 11.3 Å². The van der Waals surface area contributed by atoms with Gasteiger partial charge in [0, 0.05) is 26.2 Å². The summed E-state index contributed by atoms with van der Waals surface area (Å²) in [5.41, 5.74) is 0.387. The molecule has 0 bridgehead atoms. The Hall–Kier alpha value is -1.52. The van der Waals surface area contributed by atoms with E-state index in [0.29, 0.717) is 37.6 Å². The molecule has 1 aromatic heterocycles. The van der Waals surface area contributed by atoms with Crippen molar-refractivity contribution < 1.29 is 13.2 Å². The Morgan fingerprint density at radius 1 is 1.25 bits per heavy atom. The van der Waals surface area contributed by atoms with Crippen LogP contribution in [0.3, 0.4) is 0 Å². The number of hydrogen-bond acceptors (Lipinski definition) is 4. The lowest BCUT2D eigenvalue weighted by atomic mass is 10.2. The first-order valence-electron chi connectivity index (χ1n) is 5.99. The summed E-state index contributed by atoms with van der Waals surface area (Å²) in [7, 11) is 0. The standard InChI is InChI=1S/C12H12ClF3N4/c13-10-5-9(7-17)6-11(18-10)20-3-1-19(2-4-20)8-12(14,15)16/h5-6H,1-4,8H2. The van der Waals surface area contributed by atoms with Crippen molar-refractivity contribution >= 4 is 17.4 Å². The zero-order chi connectivity index (χ0) is 14.8. The van der Waals surface area contributed by atoms with Gasteiger partial charge >= 0.3 is 6.18 Å². The fourth-order valence-corrected chi connectivity index (χ4v) is 2.30. The third-order valence-corrected chi connectivity index (χ3v) is 3.20. The smallest absolute Gasteiger partial charge is 0.354 e. The molecule has 1 aromatic rings. The molecule has 0 saturated carbocycles. The molecule has 1 aliphatic rings. The summed E-state index contributed by atoms with van der Waals surface area (Å²) in [5.74, 6) is 0.528. The van der Waals surface area contributed by atoms with Gasteiger partial charge in [0.15, 0.2) is 0 Å². The average Bonchev–Trinajstić information content (AvgIpc) is 2.37. The molecule has 0 aliphatic carbocycles. The Balaban J connectivity index is 2.01. The number of halogens is 4. The average molecular weight is 305 g/mol. The molecule has 4 nitrogen and oxygen atoms in total. The van der Waals surface area contributed by atoms with Crippen LogP contribution in [-0.4, -0.2) is 48.8 Å². The van der Waals surface area contributed by atoms with E-state index in [0.717, 1.165) is 0 Å². The van der Waals surface area contributed by atoms with Crippen LogP contribution >= 0.6 is 11.6 Å². The van der Waals surface area contributed by atoms with Crippen LogP contribution in [0.4, 0.5) is 19.0 Å². The minimum atomic E-state index is -4.18. The lowest BCUT2D eigenvalue weighted by Gasteiger charge is -2.35. The zero-order valence-electron chi connectivity index (χ0n) is 10.5. The number of hydrogen-bond donors (Lipinski definition) is 0. The number of aromatic nitrogens is 1. The fourth-order valence-electron chi connectivity index (χ4n) is 2.10. The van der Waals surface area contributed by atoms with Gasteiger partial charge in [0.2, 0.25) is 0 Å². The molecule has 1 fully saturated rings. The molecule has 2 rings (SSSR count). The summed E-state index contributed by atoms with van der Waals surface area (Å²) in [6.07, 6.45) is -4.18. The fraction of sp³-hybridized carbons (Fsp3) is 0.500. The van der Waals surface area contributed by atoms with E-state index in [2.05, 4.69) is 4.98 Å². The Bertz CT molecular complexity index is 518. The van der Waals surface area contributed by atoms with Gasteiger partial charge in [0.1, 0.15) is 11.0 Å². The summed E-state index contributed by atoms with van der Waals surface area (Å²) < 4.78 is 36.9. The van der Waals surface area contributed by atoms with Crippen molar-refractivity contribution in [3.63, 3.8) is 0 Å². The third kappa shape index (κ3) is 3.99. The summed E-state index contributed by atoms with van der Waals surface area (Å²) in [6, 6.07) is 5.01. The highest BCUT2D eigenvalue weighted by atomic mass is 35.5. The lowest BCUT2D eigenvalue weighted by molar-refractivity contribution is -0.146. The number of rotatable bonds is 2. The number of anilines is 1. The molecule has 0 radical (unpaired) electrons. The molecule has 2 heterocycles. The Labute approximate surface area is 119 Å². The normalized spacial score (nSPS) is 17.1. The molecule has 0 spiro atoms. The van der Waals surface area contributed by atoms with Gasteiger partial charge in [-0.15, -0.1) is 0 Å². The maximum atomic E-state index is 12.3. The maximum absolute atomic E-state index is 12.3. The zero-order valence-corrected chi connectivity index (χ0v) is 11.2. The molecule has 8 heteroatoms. The molecule has 1 saturated heterocycles. The van der Waals surface area contributed by atoms with Crippen molar-refractivity contribution in [1.29, 1.82) is 5.26 Å². The summed E-state index contributed by atoms with van der Waals surface area (Å²) in [6.45, 7) is 0.557. The predicted molar refractivity (Wildman–Crippen MR) is 68.7 cm³/mol. The van der Waals surface area contributed by atoms with E-state index in [4.69, 9.17) is 16.9 Å². The van der Waals surface area contributed by atoms with Crippen molar-refractivity contribution in [1.82, 2.24) is 9.88 Å². The highest BCUT2D eigenvalue weighted by molar-refractivity contribution is 6.29. The van der Waals surface area contributed by atoms with Gasteiger partial charge in [-0.05, 0) is 12.1 Å². The largest absolute Gasteiger partial charge is 0.401 e. The first-order valence-corrected chi connectivity index (χ1v) is 6.37. The van der Waals surface area contributed by atoms with E-state index >= 15 is 0 Å². The van der Waals surface area contributed by atoms with Crippen molar-refractivity contribution in [3.05, 3.63) is 22.8 Å². The van der Waals surface area contributed by atoms with Crippen LogP contribution in [0.25, 0.3) is 0 Å². The van der Waals surface area contributed by atoms with Crippen molar-refractivity contribution in [2.24, 2.45) is 0 Å². The summed E-state index contributed by atoms with van der Waals surface area (Å²) >= 11 is 5.82. The molecule has 1 aliphatic heterocycles. The molecule has 0 amide bonds. The Kier molecular flexibility index (Phi) is 4.35. The first kappa shape index (κ1) is 14.9. The van der Waals surface area contributed by atoms with Crippen LogP contribution in [0.15, 0.2) is 12.1 Å². The molecule has 0 unspecified atom stereocenters. The molecule has 0 N–H and O–H groups in total. The van der Waals surface area contributed by atoms with E-state index < -0.39 is 12.7 Å². The van der Waals surface area contributed by atoms with Crippen LogP contribution in [0.5, 0.6) is 0 Å². The summed E-state index contributed by atoms with van der Waals surface area (Å²) in [4.78, 5) is 7.29. The van der Waals surface area contributed by atoms with Gasteiger partial charge in [0.25, 0.3) is 0 Å². The van der Waals surface area contributed by atoms with E-state index in [1.807, 2.05) is 11.0 Å². The Morgan fingerprint density at radius 3 is 2.45 bits per heavy atom. The quantitative estimate of drug-likeness (QED) is 0.786. The van der Waals surface area contributed by atoms with E-state index in [-0.39, 0.29) is 5.15 Å². The van der Waals surface area contributed by atoms with Crippen molar-refractivity contribution in [3.8, 4) is 6.07 Å². The molecule has 0 atom stereocenters. The molecular formula is C12H12ClF3N4. The highest BCUT2D eigenvalue weighted by Crippen LogP contribution is 2.21.